The molecule has 5 heteroatoms. The van der Waals surface area contributed by atoms with Crippen molar-refractivity contribution in [2.75, 3.05) is 5.32 Å². The SMILES string of the molecule is CC(C)c1ccc(NC(=O)C2CC(c3ccncc3)NN2)cc1. The van der Waals surface area contributed by atoms with Crippen LogP contribution in [0.25, 0.3) is 0 Å². The minimum atomic E-state index is -0.252. The van der Waals surface area contributed by atoms with E-state index in [1.165, 1.54) is 5.56 Å². The molecule has 0 saturated carbocycles. The normalized spacial score (nSPS) is 20.7. The first-order valence-electron chi connectivity index (χ1n) is 7.95. The fourth-order valence-corrected chi connectivity index (χ4v) is 2.72. The molecule has 0 radical (unpaired) electrons. The molecule has 0 spiro atoms. The molecule has 23 heavy (non-hydrogen) atoms. The van der Waals surface area contributed by atoms with Crippen molar-refractivity contribution in [2.45, 2.75) is 38.3 Å². The largest absolute Gasteiger partial charge is 0.325 e. The molecule has 2 heterocycles. The van der Waals surface area contributed by atoms with Crippen LogP contribution >= 0.6 is 0 Å². The Morgan fingerprint density at radius 1 is 1.13 bits per heavy atom. The first-order valence-corrected chi connectivity index (χ1v) is 7.95. The molecule has 1 aliphatic rings. The number of aromatic nitrogens is 1. The van der Waals surface area contributed by atoms with Gasteiger partial charge in [-0.1, -0.05) is 26.0 Å². The minimum absolute atomic E-state index is 0.0219. The van der Waals surface area contributed by atoms with Crippen LogP contribution in [0.3, 0.4) is 0 Å². The van der Waals surface area contributed by atoms with E-state index in [-0.39, 0.29) is 18.0 Å². The second-order valence-electron chi connectivity index (χ2n) is 6.18. The van der Waals surface area contributed by atoms with E-state index in [2.05, 4.69) is 47.1 Å². The number of pyridine rings is 1. The Bertz CT molecular complexity index is 654. The Kier molecular flexibility index (Phi) is 4.69. The summed E-state index contributed by atoms with van der Waals surface area (Å²) in [5, 5.41) is 2.97. The van der Waals surface area contributed by atoms with Gasteiger partial charge in [0, 0.05) is 24.1 Å². The first kappa shape index (κ1) is 15.6. The van der Waals surface area contributed by atoms with E-state index < -0.39 is 0 Å². The topological polar surface area (TPSA) is 66.0 Å². The van der Waals surface area contributed by atoms with Crippen molar-refractivity contribution in [3.05, 3.63) is 59.9 Å². The molecule has 5 nitrogen and oxygen atoms in total. The van der Waals surface area contributed by atoms with E-state index in [0.717, 1.165) is 11.3 Å². The molecule has 2 atom stereocenters. The van der Waals surface area contributed by atoms with E-state index in [4.69, 9.17) is 0 Å². The van der Waals surface area contributed by atoms with Crippen LogP contribution < -0.4 is 16.2 Å². The number of anilines is 1. The third kappa shape index (κ3) is 3.75. The van der Waals surface area contributed by atoms with Gasteiger partial charge < -0.3 is 5.32 Å². The van der Waals surface area contributed by atoms with Crippen molar-refractivity contribution in [2.24, 2.45) is 0 Å². The maximum absolute atomic E-state index is 12.4. The molecule has 1 aromatic carbocycles. The Morgan fingerprint density at radius 2 is 1.83 bits per heavy atom. The van der Waals surface area contributed by atoms with Crippen molar-refractivity contribution in [3.63, 3.8) is 0 Å². The first-order chi connectivity index (χ1) is 11.1. The van der Waals surface area contributed by atoms with Crippen LogP contribution in [-0.2, 0) is 4.79 Å². The van der Waals surface area contributed by atoms with Crippen molar-refractivity contribution in [3.8, 4) is 0 Å². The highest BCUT2D eigenvalue weighted by Crippen LogP contribution is 2.23. The van der Waals surface area contributed by atoms with Crippen LogP contribution in [0, 0.1) is 0 Å². The quantitative estimate of drug-likeness (QED) is 0.812. The van der Waals surface area contributed by atoms with Crippen molar-refractivity contribution >= 4 is 11.6 Å². The van der Waals surface area contributed by atoms with Crippen LogP contribution in [0.1, 0.15) is 43.4 Å². The summed E-state index contributed by atoms with van der Waals surface area (Å²) in [6, 6.07) is 11.8. The van der Waals surface area contributed by atoms with Crippen LogP contribution in [0.2, 0.25) is 0 Å². The standard InChI is InChI=1S/C18H22N4O/c1-12(2)13-3-5-15(6-4-13)20-18(23)17-11-16(21-22-17)14-7-9-19-10-8-14/h3-10,12,16-17,21-22H,11H2,1-2H3,(H,20,23). The highest BCUT2D eigenvalue weighted by atomic mass is 16.2. The highest BCUT2D eigenvalue weighted by molar-refractivity contribution is 5.95. The molecule has 1 saturated heterocycles. The molecule has 3 rings (SSSR count). The molecule has 2 aromatic rings. The third-order valence-electron chi connectivity index (χ3n) is 4.17. The number of nitrogens with zero attached hydrogens (tertiary/aromatic N) is 1. The molecule has 120 valence electrons. The Morgan fingerprint density at radius 3 is 2.48 bits per heavy atom. The summed E-state index contributed by atoms with van der Waals surface area (Å²) < 4.78 is 0. The number of nitrogens with one attached hydrogen (secondary N) is 3. The van der Waals surface area contributed by atoms with E-state index in [0.29, 0.717) is 12.3 Å². The van der Waals surface area contributed by atoms with Crippen LogP contribution in [-0.4, -0.2) is 16.9 Å². The van der Waals surface area contributed by atoms with Gasteiger partial charge in [-0.2, -0.15) is 0 Å². The molecule has 1 amide bonds. The summed E-state index contributed by atoms with van der Waals surface area (Å²) in [5.41, 5.74) is 9.47. The number of carbonyl (C=O) groups excluding carboxylic acids is 1. The molecule has 3 N–H and O–H groups in total. The van der Waals surface area contributed by atoms with Gasteiger partial charge >= 0.3 is 0 Å². The van der Waals surface area contributed by atoms with Gasteiger partial charge in [0.25, 0.3) is 0 Å². The Balaban J connectivity index is 1.59. The lowest BCUT2D eigenvalue weighted by atomic mass is 10.0. The van der Waals surface area contributed by atoms with Gasteiger partial charge in [-0.3, -0.25) is 9.78 Å². The number of hydrogen-bond acceptors (Lipinski definition) is 4. The number of benzene rings is 1. The summed E-state index contributed by atoms with van der Waals surface area (Å²) in [5.74, 6) is 0.466. The molecule has 0 aliphatic carbocycles. The number of hydrazine groups is 1. The van der Waals surface area contributed by atoms with E-state index in [1.54, 1.807) is 12.4 Å². The summed E-state index contributed by atoms with van der Waals surface area (Å²) in [7, 11) is 0. The minimum Gasteiger partial charge on any atom is -0.325 e. The maximum Gasteiger partial charge on any atom is 0.242 e. The maximum atomic E-state index is 12.4. The molecular formula is C18H22N4O. The van der Waals surface area contributed by atoms with Gasteiger partial charge in [0.1, 0.15) is 6.04 Å². The van der Waals surface area contributed by atoms with Gasteiger partial charge in [0.05, 0.1) is 0 Å². The summed E-state index contributed by atoms with van der Waals surface area (Å²) in [6.07, 6.45) is 4.24. The van der Waals surface area contributed by atoms with E-state index in [1.807, 2.05) is 24.3 Å². The van der Waals surface area contributed by atoms with Gasteiger partial charge in [0.15, 0.2) is 0 Å². The lowest BCUT2D eigenvalue weighted by molar-refractivity contribution is -0.117. The zero-order valence-electron chi connectivity index (χ0n) is 13.4. The zero-order chi connectivity index (χ0) is 16.2. The van der Waals surface area contributed by atoms with Gasteiger partial charge in [-0.25, -0.2) is 10.9 Å². The van der Waals surface area contributed by atoms with Crippen LogP contribution in [0.4, 0.5) is 5.69 Å². The van der Waals surface area contributed by atoms with Gasteiger partial charge in [0.2, 0.25) is 5.91 Å². The van der Waals surface area contributed by atoms with E-state index in [9.17, 15) is 4.79 Å². The average Bonchev–Trinajstić information content (AvgIpc) is 3.06. The van der Waals surface area contributed by atoms with Crippen LogP contribution in [0.5, 0.6) is 0 Å². The van der Waals surface area contributed by atoms with Crippen LogP contribution in [0.15, 0.2) is 48.8 Å². The summed E-state index contributed by atoms with van der Waals surface area (Å²) in [6.45, 7) is 4.31. The molecule has 2 unspecified atom stereocenters. The van der Waals surface area contributed by atoms with E-state index >= 15 is 0 Å². The third-order valence-corrected chi connectivity index (χ3v) is 4.17. The van der Waals surface area contributed by atoms with Gasteiger partial charge in [-0.15, -0.1) is 0 Å². The number of amides is 1. The lowest BCUT2D eigenvalue weighted by Crippen LogP contribution is -2.39. The van der Waals surface area contributed by atoms with Crippen molar-refractivity contribution in [1.82, 2.24) is 15.8 Å². The molecule has 1 aromatic heterocycles. The monoisotopic (exact) mass is 310 g/mol. The molecular weight excluding hydrogens is 288 g/mol. The van der Waals surface area contributed by atoms with Crippen molar-refractivity contribution < 1.29 is 4.79 Å². The average molecular weight is 310 g/mol. The lowest BCUT2D eigenvalue weighted by Gasteiger charge is -2.12. The fraction of sp³-hybridized carbons (Fsp3) is 0.333. The molecule has 0 bridgehead atoms. The summed E-state index contributed by atoms with van der Waals surface area (Å²) >= 11 is 0. The smallest absolute Gasteiger partial charge is 0.242 e. The van der Waals surface area contributed by atoms with Crippen molar-refractivity contribution in [1.29, 1.82) is 0 Å². The molecule has 1 fully saturated rings. The predicted octanol–water partition coefficient (Wildman–Crippen LogP) is 2.75. The predicted molar refractivity (Wildman–Crippen MR) is 90.8 cm³/mol. The second-order valence-corrected chi connectivity index (χ2v) is 6.18. The van der Waals surface area contributed by atoms with Gasteiger partial charge in [-0.05, 0) is 47.7 Å². The molecule has 1 aliphatic heterocycles. The number of rotatable bonds is 4. The second kappa shape index (κ2) is 6.89. The summed E-state index contributed by atoms with van der Waals surface area (Å²) in [4.78, 5) is 16.4. The highest BCUT2D eigenvalue weighted by Gasteiger charge is 2.30. The number of carbonyl (C=O) groups is 1. The number of hydrogen-bond donors (Lipinski definition) is 3. The fourth-order valence-electron chi connectivity index (χ4n) is 2.72. The Labute approximate surface area is 136 Å². The Hall–Kier alpha value is -2.24. The zero-order valence-corrected chi connectivity index (χ0v) is 13.4.